The van der Waals surface area contributed by atoms with Crippen LogP contribution in [0.5, 0.6) is 0 Å². The number of aromatic nitrogens is 1. The van der Waals surface area contributed by atoms with Crippen LogP contribution in [0.15, 0.2) is 5.38 Å². The molecule has 1 N–H and O–H groups in total. The number of amides is 2. The molecule has 2 fully saturated rings. The van der Waals surface area contributed by atoms with Gasteiger partial charge in [-0.3, -0.25) is 14.5 Å². The van der Waals surface area contributed by atoms with E-state index >= 15 is 0 Å². The summed E-state index contributed by atoms with van der Waals surface area (Å²) in [6.45, 7) is 8.49. The lowest BCUT2D eigenvalue weighted by atomic mass is 10.2. The minimum Gasteiger partial charge on any atom is -0.378 e. The number of nitrogens with zero attached hydrogens (tertiary/aromatic N) is 4. The van der Waals surface area contributed by atoms with Gasteiger partial charge in [0.25, 0.3) is 5.91 Å². The predicted octanol–water partition coefficient (Wildman–Crippen LogP) is 0.192. The molecule has 2 aliphatic heterocycles. The highest BCUT2D eigenvalue weighted by Gasteiger charge is 2.26. The highest BCUT2D eigenvalue weighted by molar-refractivity contribution is 7.13. The molecular formula is C16H25N5O3S. The number of ether oxygens (including phenoxy) is 1. The highest BCUT2D eigenvalue weighted by atomic mass is 32.1. The second-order valence-electron chi connectivity index (χ2n) is 6.13. The van der Waals surface area contributed by atoms with E-state index in [0.717, 1.165) is 11.7 Å². The summed E-state index contributed by atoms with van der Waals surface area (Å²) in [6.07, 6.45) is 0. The molecule has 1 aromatic rings. The van der Waals surface area contributed by atoms with Crippen LogP contribution in [-0.4, -0.2) is 97.1 Å². The maximum absolute atomic E-state index is 12.5. The minimum atomic E-state index is -0.0282. The van der Waals surface area contributed by atoms with Gasteiger partial charge in [-0.25, -0.2) is 4.98 Å². The molecule has 2 saturated heterocycles. The van der Waals surface area contributed by atoms with Gasteiger partial charge in [-0.05, 0) is 6.92 Å². The molecule has 2 amide bonds. The molecule has 0 radical (unpaired) electrons. The third-order valence-corrected chi connectivity index (χ3v) is 5.23. The lowest BCUT2D eigenvalue weighted by molar-refractivity contribution is -0.136. The van der Waals surface area contributed by atoms with Crippen molar-refractivity contribution in [2.75, 3.05) is 70.9 Å². The monoisotopic (exact) mass is 367 g/mol. The molecule has 8 nitrogen and oxygen atoms in total. The normalized spacial score (nSPS) is 19.1. The van der Waals surface area contributed by atoms with E-state index in [1.807, 2.05) is 16.7 Å². The quantitative estimate of drug-likeness (QED) is 0.801. The fourth-order valence-corrected chi connectivity index (χ4v) is 3.74. The molecule has 0 saturated carbocycles. The fraction of sp³-hybridized carbons (Fsp3) is 0.688. The topological polar surface area (TPSA) is 78.0 Å². The van der Waals surface area contributed by atoms with Crippen molar-refractivity contribution >= 4 is 28.3 Å². The van der Waals surface area contributed by atoms with Crippen molar-refractivity contribution in [3.05, 3.63) is 11.1 Å². The first-order valence-corrected chi connectivity index (χ1v) is 9.62. The maximum atomic E-state index is 12.5. The van der Waals surface area contributed by atoms with Gasteiger partial charge in [-0.2, -0.15) is 0 Å². The molecule has 1 aromatic heterocycles. The number of nitrogens with one attached hydrogen (secondary N) is 1. The second kappa shape index (κ2) is 8.59. The molecule has 0 unspecified atom stereocenters. The van der Waals surface area contributed by atoms with E-state index in [0.29, 0.717) is 64.7 Å². The Hall–Kier alpha value is -1.71. The van der Waals surface area contributed by atoms with Crippen LogP contribution in [0.2, 0.25) is 0 Å². The smallest absolute Gasteiger partial charge is 0.273 e. The zero-order valence-electron chi connectivity index (χ0n) is 14.6. The summed E-state index contributed by atoms with van der Waals surface area (Å²) in [6, 6.07) is 0. The number of piperazine rings is 1. The van der Waals surface area contributed by atoms with Crippen molar-refractivity contribution in [2.45, 2.75) is 6.92 Å². The van der Waals surface area contributed by atoms with Gasteiger partial charge >= 0.3 is 0 Å². The molecule has 0 bridgehead atoms. The summed E-state index contributed by atoms with van der Waals surface area (Å²) < 4.78 is 5.28. The number of rotatable bonds is 5. The largest absolute Gasteiger partial charge is 0.378 e. The van der Waals surface area contributed by atoms with Crippen LogP contribution in [0, 0.1) is 0 Å². The Morgan fingerprint density at radius 1 is 1.16 bits per heavy atom. The van der Waals surface area contributed by atoms with Crippen LogP contribution >= 0.6 is 11.3 Å². The van der Waals surface area contributed by atoms with Gasteiger partial charge in [-0.1, -0.05) is 0 Å². The zero-order chi connectivity index (χ0) is 17.6. The van der Waals surface area contributed by atoms with Crippen LogP contribution in [0.4, 0.5) is 5.13 Å². The number of anilines is 1. The summed E-state index contributed by atoms with van der Waals surface area (Å²) in [5.74, 6) is 0.123. The molecule has 25 heavy (non-hydrogen) atoms. The number of morpholine rings is 1. The van der Waals surface area contributed by atoms with Gasteiger partial charge in [0.2, 0.25) is 5.91 Å². The Kier molecular flexibility index (Phi) is 6.22. The summed E-state index contributed by atoms with van der Waals surface area (Å²) in [4.78, 5) is 35.0. The van der Waals surface area contributed by atoms with Gasteiger partial charge in [0.1, 0.15) is 5.69 Å². The van der Waals surface area contributed by atoms with Gasteiger partial charge in [0, 0.05) is 51.2 Å². The van der Waals surface area contributed by atoms with Crippen LogP contribution in [0.1, 0.15) is 17.4 Å². The molecule has 0 aromatic carbocycles. The average Bonchev–Trinajstić information content (AvgIpc) is 3.11. The van der Waals surface area contributed by atoms with E-state index in [1.165, 1.54) is 11.3 Å². The van der Waals surface area contributed by atoms with Crippen LogP contribution in [0.25, 0.3) is 0 Å². The summed E-state index contributed by atoms with van der Waals surface area (Å²) in [5, 5.41) is 5.70. The first-order chi connectivity index (χ1) is 12.2. The first kappa shape index (κ1) is 18.1. The molecular weight excluding hydrogens is 342 g/mol. The molecule has 2 aliphatic rings. The maximum Gasteiger partial charge on any atom is 0.273 e. The van der Waals surface area contributed by atoms with Gasteiger partial charge in [0.05, 0.1) is 19.8 Å². The van der Waals surface area contributed by atoms with Crippen molar-refractivity contribution in [1.82, 2.24) is 19.7 Å². The Labute approximate surface area is 151 Å². The second-order valence-corrected chi connectivity index (χ2v) is 6.99. The summed E-state index contributed by atoms with van der Waals surface area (Å²) in [7, 11) is 0. The van der Waals surface area contributed by atoms with Crippen LogP contribution in [0.3, 0.4) is 0 Å². The molecule has 0 atom stereocenters. The Bertz CT molecular complexity index is 594. The number of thiazole rings is 1. The number of carbonyl (C=O) groups excluding carboxylic acids is 2. The lowest BCUT2D eigenvalue weighted by Crippen LogP contribution is -2.52. The minimum absolute atomic E-state index is 0.0282. The number of carbonyl (C=O) groups is 2. The zero-order valence-corrected chi connectivity index (χ0v) is 15.4. The number of hydrogen-bond donors (Lipinski definition) is 1. The van der Waals surface area contributed by atoms with Crippen molar-refractivity contribution < 1.29 is 14.3 Å². The van der Waals surface area contributed by atoms with E-state index in [1.54, 1.807) is 5.38 Å². The SMILES string of the molecule is CCNc1nc(C(=O)N2CCN(CC(=O)N3CCOCC3)CC2)cs1. The van der Waals surface area contributed by atoms with Crippen molar-refractivity contribution in [3.63, 3.8) is 0 Å². The van der Waals surface area contributed by atoms with E-state index < -0.39 is 0 Å². The molecule has 0 aliphatic carbocycles. The van der Waals surface area contributed by atoms with Crippen molar-refractivity contribution in [2.24, 2.45) is 0 Å². The van der Waals surface area contributed by atoms with Crippen LogP contribution in [-0.2, 0) is 9.53 Å². The van der Waals surface area contributed by atoms with Crippen LogP contribution < -0.4 is 5.32 Å². The molecule has 3 heterocycles. The highest BCUT2D eigenvalue weighted by Crippen LogP contribution is 2.17. The molecule has 9 heteroatoms. The summed E-state index contributed by atoms with van der Waals surface area (Å²) in [5.41, 5.74) is 0.499. The van der Waals surface area contributed by atoms with Gasteiger partial charge in [-0.15, -0.1) is 11.3 Å². The molecule has 0 spiro atoms. The van der Waals surface area contributed by atoms with E-state index in [9.17, 15) is 9.59 Å². The summed E-state index contributed by atoms with van der Waals surface area (Å²) >= 11 is 1.45. The Morgan fingerprint density at radius 2 is 1.88 bits per heavy atom. The van der Waals surface area contributed by atoms with E-state index in [2.05, 4.69) is 15.2 Å². The number of hydrogen-bond acceptors (Lipinski definition) is 7. The van der Waals surface area contributed by atoms with Crippen molar-refractivity contribution in [3.8, 4) is 0 Å². The third kappa shape index (κ3) is 4.68. The van der Waals surface area contributed by atoms with E-state index in [-0.39, 0.29) is 11.8 Å². The predicted molar refractivity (Wildman–Crippen MR) is 96.0 cm³/mol. The Balaban J connectivity index is 1.46. The lowest BCUT2D eigenvalue weighted by Gasteiger charge is -2.35. The fourth-order valence-electron chi connectivity index (χ4n) is 2.98. The van der Waals surface area contributed by atoms with Gasteiger partial charge < -0.3 is 19.9 Å². The third-order valence-electron chi connectivity index (χ3n) is 4.43. The van der Waals surface area contributed by atoms with Crippen molar-refractivity contribution in [1.29, 1.82) is 0 Å². The molecule has 138 valence electrons. The standard InChI is InChI=1S/C16H25N5O3S/c1-2-17-16-18-13(12-25-16)15(23)21-5-3-19(4-6-21)11-14(22)20-7-9-24-10-8-20/h12H,2-11H2,1H3,(H,17,18). The van der Waals surface area contributed by atoms with Gasteiger partial charge in [0.15, 0.2) is 5.13 Å². The van der Waals surface area contributed by atoms with E-state index in [4.69, 9.17) is 4.74 Å². The molecule has 3 rings (SSSR count). The average molecular weight is 367 g/mol. The Morgan fingerprint density at radius 3 is 2.56 bits per heavy atom. The first-order valence-electron chi connectivity index (χ1n) is 8.74.